The first-order valence-corrected chi connectivity index (χ1v) is 17.9. The van der Waals surface area contributed by atoms with Crippen LogP contribution in [-0.2, 0) is 36.5 Å². The van der Waals surface area contributed by atoms with E-state index in [2.05, 4.69) is 0 Å². The van der Waals surface area contributed by atoms with Gasteiger partial charge in [0.25, 0.3) is 0 Å². The largest absolute Gasteiger partial charge is 0.509 e. The summed E-state index contributed by atoms with van der Waals surface area (Å²) in [6.45, 7) is 0. The molecular weight excluding hydrogens is 752 g/mol. The van der Waals surface area contributed by atoms with Crippen molar-refractivity contribution >= 4 is 10.8 Å². The molecule has 2 unspecified atom stereocenters. The van der Waals surface area contributed by atoms with Crippen molar-refractivity contribution in [1.29, 1.82) is 0 Å². The molecule has 16 heteroatoms. The van der Waals surface area contributed by atoms with E-state index in [0.717, 1.165) is 42.5 Å². The maximum Gasteiger partial charge on any atom is 0.161 e. The minimum Gasteiger partial charge on any atom is -0.509 e. The fourth-order valence-electron chi connectivity index (χ4n) is 6.39. The van der Waals surface area contributed by atoms with Crippen LogP contribution in [0.5, 0.6) is 63.2 Å². The highest BCUT2D eigenvalue weighted by atomic mass is 32.2. The average Bonchev–Trinajstić information content (AvgIpc) is 3.13. The van der Waals surface area contributed by atoms with Crippen molar-refractivity contribution in [3.8, 4) is 63.2 Å². The predicted molar refractivity (Wildman–Crippen MR) is 198 cm³/mol. The Morgan fingerprint density at radius 3 is 1.11 bits per heavy atom. The first-order valence-electron chi connectivity index (χ1n) is 16.7. The van der Waals surface area contributed by atoms with Gasteiger partial charge in [0.05, 0.1) is 10.8 Å². The Morgan fingerprint density at radius 2 is 0.750 bits per heavy atom. The van der Waals surface area contributed by atoms with Gasteiger partial charge in [0.1, 0.15) is 46.4 Å². The lowest BCUT2D eigenvalue weighted by Crippen LogP contribution is -2.17. The van der Waals surface area contributed by atoms with Gasteiger partial charge < -0.3 is 71.5 Å². The number of allylic oxidation sites excluding steroid dienone is 1. The Morgan fingerprint density at radius 1 is 0.429 bits per heavy atom. The normalized spacial score (nSPS) is 14.8. The van der Waals surface area contributed by atoms with E-state index in [1.165, 1.54) is 24.3 Å². The summed E-state index contributed by atoms with van der Waals surface area (Å²) in [4.78, 5) is 0.0523. The molecule has 1 aliphatic rings. The third-order valence-electron chi connectivity index (χ3n) is 9.41. The van der Waals surface area contributed by atoms with Gasteiger partial charge in [0.2, 0.25) is 0 Å². The van der Waals surface area contributed by atoms with Crippen LogP contribution in [-0.4, -0.2) is 81.8 Å². The Kier molecular flexibility index (Phi) is 10.4. The molecule has 0 heterocycles. The minimum absolute atomic E-state index is 0.0218. The molecule has 0 amide bonds. The zero-order valence-corrected chi connectivity index (χ0v) is 29.9. The standard InChI is InChI=1S/C40H36O15S/c41-27-13-35(49)31(45)9-17(27)1-21-5-25(6-22(39(21)53)2-18-10-32(46)36(50)14-28(18)42)56(55)26-7-23(3-19-11-33(47)37(51)15-29(19)43)40(54)24(8-26)4-20-12-34(48)38(52)16-30(20)44/h5-11,13-16,34,41-54H,1-4,12H2. The van der Waals surface area contributed by atoms with Crippen LogP contribution in [0.15, 0.2) is 93.6 Å². The van der Waals surface area contributed by atoms with Crippen LogP contribution in [0.2, 0.25) is 0 Å². The summed E-state index contributed by atoms with van der Waals surface area (Å²) in [5.41, 5.74) is 0.598. The van der Waals surface area contributed by atoms with Crippen molar-refractivity contribution in [2.24, 2.45) is 0 Å². The Hall–Kier alpha value is -6.91. The van der Waals surface area contributed by atoms with Crippen LogP contribution in [0.4, 0.5) is 0 Å². The van der Waals surface area contributed by atoms with Crippen molar-refractivity contribution in [1.82, 2.24) is 0 Å². The van der Waals surface area contributed by atoms with E-state index >= 15 is 0 Å². The van der Waals surface area contributed by atoms with Crippen molar-refractivity contribution in [3.05, 3.63) is 123 Å². The highest BCUT2D eigenvalue weighted by molar-refractivity contribution is 7.85. The molecule has 56 heavy (non-hydrogen) atoms. The van der Waals surface area contributed by atoms with Crippen molar-refractivity contribution in [3.63, 3.8) is 0 Å². The number of aliphatic hydroxyl groups excluding tert-OH is 3. The number of hydrogen-bond acceptors (Lipinski definition) is 15. The van der Waals surface area contributed by atoms with E-state index in [0.29, 0.717) is 0 Å². The quantitative estimate of drug-likeness (QED) is 0.0658. The number of aliphatic hydroxyl groups is 3. The Labute approximate surface area is 319 Å². The molecule has 15 nitrogen and oxygen atoms in total. The summed E-state index contributed by atoms with van der Waals surface area (Å²) < 4.78 is 14.6. The second kappa shape index (κ2) is 15.1. The highest BCUT2D eigenvalue weighted by Gasteiger charge is 2.25. The fourth-order valence-corrected chi connectivity index (χ4v) is 7.66. The smallest absolute Gasteiger partial charge is 0.161 e. The third-order valence-corrected chi connectivity index (χ3v) is 10.7. The van der Waals surface area contributed by atoms with Crippen LogP contribution in [0.3, 0.4) is 0 Å². The van der Waals surface area contributed by atoms with E-state index in [-0.39, 0.29) is 97.9 Å². The summed E-state index contributed by atoms with van der Waals surface area (Å²) in [5.74, 6) is -6.48. The summed E-state index contributed by atoms with van der Waals surface area (Å²) in [6.07, 6.45) is -1.69. The molecular formula is C40H36O15S. The highest BCUT2D eigenvalue weighted by Crippen LogP contribution is 2.41. The number of phenols is 11. The van der Waals surface area contributed by atoms with Crippen LogP contribution < -0.4 is 0 Å². The second-order valence-corrected chi connectivity index (χ2v) is 14.8. The molecule has 14 N–H and O–H groups in total. The van der Waals surface area contributed by atoms with Crippen LogP contribution in [0, 0.1) is 0 Å². The molecule has 1 aliphatic carbocycles. The van der Waals surface area contributed by atoms with E-state index in [1.54, 1.807) is 0 Å². The molecule has 0 bridgehead atoms. The lowest BCUT2D eigenvalue weighted by molar-refractivity contribution is 0.145. The van der Waals surface area contributed by atoms with Crippen LogP contribution >= 0.6 is 0 Å². The summed E-state index contributed by atoms with van der Waals surface area (Å²) in [6, 6.07) is 11.2. The Balaban J connectivity index is 1.51. The van der Waals surface area contributed by atoms with Gasteiger partial charge in [0.15, 0.2) is 34.5 Å². The molecule has 0 fully saturated rings. The van der Waals surface area contributed by atoms with Gasteiger partial charge in [-0.25, -0.2) is 4.21 Å². The molecule has 0 saturated carbocycles. The van der Waals surface area contributed by atoms with Crippen molar-refractivity contribution in [2.45, 2.75) is 48.0 Å². The van der Waals surface area contributed by atoms with E-state index < -0.39 is 80.2 Å². The molecule has 0 aromatic heterocycles. The molecule has 292 valence electrons. The maximum absolute atomic E-state index is 14.6. The SMILES string of the molecule is O=S(c1cc(CC2=C(O)C=C(O)C(O)C2)c(O)c(Cc2cc(O)c(O)cc2O)c1)c1cc(Cc2cc(O)c(O)cc2O)c(O)c(Cc2cc(O)c(O)cc2O)c1. The Bertz CT molecular complexity index is 2410. The number of aromatic hydroxyl groups is 11. The predicted octanol–water partition coefficient (Wildman–Crippen LogP) is 4.95. The van der Waals surface area contributed by atoms with Gasteiger partial charge in [-0.2, -0.15) is 0 Å². The number of rotatable bonds is 10. The molecule has 6 rings (SSSR count). The number of benzene rings is 5. The average molecular weight is 789 g/mol. The first-order chi connectivity index (χ1) is 26.4. The zero-order valence-electron chi connectivity index (χ0n) is 29.0. The second-order valence-electron chi connectivity index (χ2n) is 13.3. The van der Waals surface area contributed by atoms with Crippen LogP contribution in [0.25, 0.3) is 0 Å². The van der Waals surface area contributed by atoms with Gasteiger partial charge >= 0.3 is 0 Å². The summed E-state index contributed by atoms with van der Waals surface area (Å²) in [5, 5.41) is 145. The molecule has 0 saturated heterocycles. The monoisotopic (exact) mass is 788 g/mol. The first kappa shape index (κ1) is 38.8. The third kappa shape index (κ3) is 7.82. The van der Waals surface area contributed by atoms with Crippen molar-refractivity contribution < 1.29 is 75.7 Å². The van der Waals surface area contributed by atoms with E-state index in [4.69, 9.17) is 0 Å². The van der Waals surface area contributed by atoms with Gasteiger partial charge in [0, 0.05) is 82.9 Å². The van der Waals surface area contributed by atoms with Gasteiger partial charge in [-0.3, -0.25) is 0 Å². The summed E-state index contributed by atoms with van der Waals surface area (Å²) >= 11 is 0. The molecule has 2 atom stereocenters. The van der Waals surface area contributed by atoms with Gasteiger partial charge in [-0.05, 0) is 70.3 Å². The molecule has 0 radical (unpaired) electrons. The molecule has 5 aromatic rings. The molecule has 0 aliphatic heterocycles. The number of phenolic OH excluding ortho intramolecular Hbond substituents is 11. The zero-order chi connectivity index (χ0) is 40.7. The van der Waals surface area contributed by atoms with Crippen molar-refractivity contribution in [2.75, 3.05) is 0 Å². The topological polar surface area (TPSA) is 300 Å². The van der Waals surface area contributed by atoms with E-state index in [1.807, 2.05) is 0 Å². The summed E-state index contributed by atoms with van der Waals surface area (Å²) in [7, 11) is -2.20. The van der Waals surface area contributed by atoms with Gasteiger partial charge in [-0.15, -0.1) is 0 Å². The maximum atomic E-state index is 14.6. The lowest BCUT2D eigenvalue weighted by atomic mass is 9.91. The van der Waals surface area contributed by atoms with Gasteiger partial charge in [-0.1, -0.05) is 0 Å². The minimum atomic E-state index is -2.20. The fraction of sp³-hybridized carbons (Fsp3) is 0.150. The lowest BCUT2D eigenvalue weighted by Gasteiger charge is -2.21. The molecule has 0 spiro atoms. The van der Waals surface area contributed by atoms with Crippen LogP contribution in [0.1, 0.15) is 45.4 Å². The number of hydrogen-bond donors (Lipinski definition) is 14. The molecule has 5 aromatic carbocycles. The van der Waals surface area contributed by atoms with E-state index in [9.17, 15) is 75.7 Å².